The van der Waals surface area contributed by atoms with Crippen molar-refractivity contribution in [3.05, 3.63) is 60.7 Å². The van der Waals surface area contributed by atoms with Gasteiger partial charge in [-0.15, -0.1) is 0 Å². The van der Waals surface area contributed by atoms with Gasteiger partial charge in [0.2, 0.25) is 0 Å². The molecule has 0 saturated carbocycles. The normalized spacial score (nSPS) is 11.3. The highest BCUT2D eigenvalue weighted by Gasteiger charge is 2.12. The summed E-state index contributed by atoms with van der Waals surface area (Å²) in [4.78, 5) is 0. The number of nitrogens with zero attached hydrogens (tertiary/aromatic N) is 1. The van der Waals surface area contributed by atoms with Crippen LogP contribution < -0.4 is 5.73 Å². The number of rotatable bonds is 1. The number of hydrogen-bond donors (Lipinski definition) is 2. The fourth-order valence-corrected chi connectivity index (χ4v) is 3.17. The van der Waals surface area contributed by atoms with Gasteiger partial charge in [-0.3, -0.25) is 0 Å². The third-order valence-corrected chi connectivity index (χ3v) is 4.23. The fraction of sp³-hybridized carbons (Fsp3) is 0.0526. The average Bonchev–Trinajstić information content (AvgIpc) is 2.82. The first kappa shape index (κ1) is 12.8. The molecule has 0 saturated heterocycles. The van der Waals surface area contributed by atoms with Crippen LogP contribution in [0.25, 0.3) is 32.9 Å². The molecule has 1 heterocycles. The van der Waals surface area contributed by atoms with E-state index < -0.39 is 0 Å². The molecule has 0 atom stereocenters. The van der Waals surface area contributed by atoms with Crippen molar-refractivity contribution in [1.29, 1.82) is 0 Å². The second-order valence-corrected chi connectivity index (χ2v) is 5.58. The van der Waals surface area contributed by atoms with E-state index in [1.54, 1.807) is 12.1 Å². The van der Waals surface area contributed by atoms with Gasteiger partial charge in [-0.2, -0.15) is 0 Å². The zero-order chi connectivity index (χ0) is 15.3. The van der Waals surface area contributed by atoms with Crippen LogP contribution >= 0.6 is 0 Å². The summed E-state index contributed by atoms with van der Waals surface area (Å²) < 4.78 is 2.14. The van der Waals surface area contributed by atoms with E-state index in [-0.39, 0.29) is 5.75 Å². The number of phenolic OH excluding ortho intramolecular Hbond substituents is 1. The molecule has 3 N–H and O–H groups in total. The van der Waals surface area contributed by atoms with Gasteiger partial charge in [0.1, 0.15) is 5.75 Å². The summed E-state index contributed by atoms with van der Waals surface area (Å²) in [5, 5.41) is 11.8. The van der Waals surface area contributed by atoms with Crippen LogP contribution in [0.1, 0.15) is 0 Å². The Kier molecular flexibility index (Phi) is 2.63. The molecule has 0 bridgehead atoms. The Balaban J connectivity index is 2.07. The van der Waals surface area contributed by atoms with Gasteiger partial charge in [-0.1, -0.05) is 30.3 Å². The summed E-state index contributed by atoms with van der Waals surface area (Å²) in [6.45, 7) is 0. The smallest absolute Gasteiger partial charge is 0.115 e. The van der Waals surface area contributed by atoms with E-state index in [1.165, 1.54) is 10.9 Å². The number of nitrogens with two attached hydrogens (primary N) is 1. The standard InChI is InChI=1S/C19H16N2O/c1-21-18-5-3-2-4-15(18)16-10-13(11-17(20)19(16)21)12-6-8-14(22)9-7-12/h2-11,22H,20H2,1H3. The molecule has 0 radical (unpaired) electrons. The first-order chi connectivity index (χ1) is 10.6. The van der Waals surface area contributed by atoms with Crippen LogP contribution in [0.15, 0.2) is 60.7 Å². The largest absolute Gasteiger partial charge is 0.508 e. The minimum Gasteiger partial charge on any atom is -0.508 e. The number of benzene rings is 3. The number of phenols is 1. The molecule has 3 heteroatoms. The zero-order valence-electron chi connectivity index (χ0n) is 12.2. The van der Waals surface area contributed by atoms with Crippen molar-refractivity contribution in [3.63, 3.8) is 0 Å². The maximum atomic E-state index is 9.45. The molecular formula is C19H16N2O. The molecule has 1 aromatic heterocycles. The molecule has 22 heavy (non-hydrogen) atoms. The van der Waals surface area contributed by atoms with Crippen LogP contribution in [-0.2, 0) is 7.05 Å². The number of nitrogen functional groups attached to an aromatic ring is 1. The van der Waals surface area contributed by atoms with E-state index in [0.29, 0.717) is 0 Å². The predicted octanol–water partition coefficient (Wildman–Crippen LogP) is 4.29. The number of fused-ring (bicyclic) bond motifs is 3. The maximum Gasteiger partial charge on any atom is 0.115 e. The van der Waals surface area contributed by atoms with E-state index in [4.69, 9.17) is 5.73 Å². The monoisotopic (exact) mass is 288 g/mol. The van der Waals surface area contributed by atoms with Crippen LogP contribution in [0.2, 0.25) is 0 Å². The van der Waals surface area contributed by atoms with Gasteiger partial charge in [-0.25, -0.2) is 0 Å². The molecule has 3 nitrogen and oxygen atoms in total. The SMILES string of the molecule is Cn1c2ccccc2c2cc(-c3ccc(O)cc3)cc(N)c21. The van der Waals surface area contributed by atoms with Gasteiger partial charge in [0.15, 0.2) is 0 Å². The topological polar surface area (TPSA) is 51.2 Å². The maximum absolute atomic E-state index is 9.45. The number of para-hydroxylation sites is 1. The lowest BCUT2D eigenvalue weighted by atomic mass is 10.0. The molecule has 0 aliphatic carbocycles. The van der Waals surface area contributed by atoms with E-state index >= 15 is 0 Å². The lowest BCUT2D eigenvalue weighted by molar-refractivity contribution is 0.475. The van der Waals surface area contributed by atoms with Gasteiger partial charge in [-0.05, 0) is 41.5 Å². The van der Waals surface area contributed by atoms with Gasteiger partial charge in [0.25, 0.3) is 0 Å². The number of aryl methyl sites for hydroxylation is 1. The third kappa shape index (κ3) is 1.76. The summed E-state index contributed by atoms with van der Waals surface area (Å²) in [7, 11) is 2.04. The first-order valence-corrected chi connectivity index (χ1v) is 7.21. The number of aromatic nitrogens is 1. The Morgan fingerprint density at radius 1 is 0.864 bits per heavy atom. The second-order valence-electron chi connectivity index (χ2n) is 5.58. The van der Waals surface area contributed by atoms with E-state index in [1.807, 2.05) is 37.4 Å². The Labute approximate surface area is 128 Å². The van der Waals surface area contributed by atoms with Crippen LogP contribution in [-0.4, -0.2) is 9.67 Å². The Hall–Kier alpha value is -2.94. The van der Waals surface area contributed by atoms with Crippen molar-refractivity contribution in [2.45, 2.75) is 0 Å². The van der Waals surface area contributed by atoms with E-state index in [9.17, 15) is 5.11 Å². The van der Waals surface area contributed by atoms with Crippen molar-refractivity contribution in [3.8, 4) is 16.9 Å². The van der Waals surface area contributed by atoms with Crippen LogP contribution in [0.5, 0.6) is 5.75 Å². The first-order valence-electron chi connectivity index (χ1n) is 7.21. The summed E-state index contributed by atoms with van der Waals surface area (Å²) in [5.41, 5.74) is 11.4. The van der Waals surface area contributed by atoms with Crippen molar-refractivity contribution < 1.29 is 5.11 Å². The Bertz CT molecular complexity index is 997. The van der Waals surface area contributed by atoms with Crippen molar-refractivity contribution >= 4 is 27.5 Å². The minimum absolute atomic E-state index is 0.267. The van der Waals surface area contributed by atoms with Gasteiger partial charge in [0.05, 0.1) is 11.2 Å². The molecule has 3 aromatic carbocycles. The molecule has 0 fully saturated rings. The molecule has 0 aliphatic heterocycles. The Morgan fingerprint density at radius 2 is 1.59 bits per heavy atom. The highest BCUT2D eigenvalue weighted by molar-refractivity contribution is 6.13. The molecule has 0 unspecified atom stereocenters. The van der Waals surface area contributed by atoms with Crippen LogP contribution in [0.4, 0.5) is 5.69 Å². The Morgan fingerprint density at radius 3 is 2.36 bits per heavy atom. The quantitative estimate of drug-likeness (QED) is 0.513. The second kappa shape index (κ2) is 4.53. The zero-order valence-corrected chi connectivity index (χ0v) is 12.2. The molecule has 0 spiro atoms. The summed E-state index contributed by atoms with van der Waals surface area (Å²) >= 11 is 0. The summed E-state index contributed by atoms with van der Waals surface area (Å²) in [6.07, 6.45) is 0. The number of hydrogen-bond acceptors (Lipinski definition) is 2. The van der Waals surface area contributed by atoms with Crippen LogP contribution in [0, 0.1) is 0 Å². The molecular weight excluding hydrogens is 272 g/mol. The van der Waals surface area contributed by atoms with Crippen molar-refractivity contribution in [2.75, 3.05) is 5.73 Å². The molecule has 0 amide bonds. The number of anilines is 1. The molecule has 0 aliphatic rings. The van der Waals surface area contributed by atoms with Gasteiger partial charge >= 0.3 is 0 Å². The third-order valence-electron chi connectivity index (χ3n) is 4.23. The summed E-state index contributed by atoms with van der Waals surface area (Å²) in [6, 6.07) is 19.7. The summed E-state index contributed by atoms with van der Waals surface area (Å²) in [5.74, 6) is 0.267. The number of aromatic hydroxyl groups is 1. The van der Waals surface area contributed by atoms with Gasteiger partial charge in [0, 0.05) is 23.3 Å². The highest BCUT2D eigenvalue weighted by atomic mass is 16.3. The lowest BCUT2D eigenvalue weighted by Crippen LogP contribution is -1.93. The van der Waals surface area contributed by atoms with Crippen molar-refractivity contribution in [2.24, 2.45) is 7.05 Å². The average molecular weight is 288 g/mol. The lowest BCUT2D eigenvalue weighted by Gasteiger charge is -2.07. The highest BCUT2D eigenvalue weighted by Crippen LogP contribution is 2.35. The van der Waals surface area contributed by atoms with Gasteiger partial charge < -0.3 is 15.4 Å². The van der Waals surface area contributed by atoms with E-state index in [2.05, 4.69) is 22.8 Å². The molecule has 108 valence electrons. The van der Waals surface area contributed by atoms with Crippen molar-refractivity contribution in [1.82, 2.24) is 4.57 Å². The predicted molar refractivity (Wildman–Crippen MR) is 91.9 cm³/mol. The van der Waals surface area contributed by atoms with Crippen LogP contribution in [0.3, 0.4) is 0 Å². The fourth-order valence-electron chi connectivity index (χ4n) is 3.17. The van der Waals surface area contributed by atoms with E-state index in [0.717, 1.165) is 27.7 Å². The minimum atomic E-state index is 0.267. The molecule has 4 rings (SSSR count). The molecule has 4 aromatic rings.